The number of rotatable bonds is 3. The molecule has 2 unspecified atom stereocenters. The Morgan fingerprint density at radius 1 is 1.39 bits per heavy atom. The zero-order valence-electron chi connectivity index (χ0n) is 10.8. The summed E-state index contributed by atoms with van der Waals surface area (Å²) in [7, 11) is 0. The van der Waals surface area contributed by atoms with Gasteiger partial charge in [0.25, 0.3) is 0 Å². The number of benzene rings is 1. The Balaban J connectivity index is 2.26. The van der Waals surface area contributed by atoms with Crippen molar-refractivity contribution in [2.75, 3.05) is 18.0 Å². The van der Waals surface area contributed by atoms with E-state index in [4.69, 9.17) is 5.73 Å². The van der Waals surface area contributed by atoms with Gasteiger partial charge in [0.05, 0.1) is 0 Å². The van der Waals surface area contributed by atoms with Crippen LogP contribution in [0.3, 0.4) is 0 Å². The van der Waals surface area contributed by atoms with Crippen molar-refractivity contribution >= 4 is 11.6 Å². The summed E-state index contributed by atoms with van der Waals surface area (Å²) < 4.78 is 0. The molecule has 0 aliphatic carbocycles. The zero-order chi connectivity index (χ0) is 13.0. The number of nitrogens with two attached hydrogens (primary N) is 1. The number of hydrogen-bond donors (Lipinski definition) is 2. The van der Waals surface area contributed by atoms with Crippen molar-refractivity contribution in [3.63, 3.8) is 0 Å². The summed E-state index contributed by atoms with van der Waals surface area (Å²) in [6, 6.07) is 10.2. The molecule has 0 bridgehead atoms. The number of carbonyl (C=O) groups excluding carboxylic acids is 1. The molecule has 1 aliphatic heterocycles. The van der Waals surface area contributed by atoms with Crippen LogP contribution in [0.2, 0.25) is 0 Å². The minimum atomic E-state index is -0.151. The quantitative estimate of drug-likeness (QED) is 0.841. The third-order valence-electron chi connectivity index (χ3n) is 3.40. The van der Waals surface area contributed by atoms with Gasteiger partial charge in [0.2, 0.25) is 5.91 Å². The van der Waals surface area contributed by atoms with E-state index < -0.39 is 0 Å². The average molecular weight is 247 g/mol. The molecule has 0 aromatic heterocycles. The van der Waals surface area contributed by atoms with Gasteiger partial charge in [0, 0.05) is 18.3 Å². The van der Waals surface area contributed by atoms with Crippen molar-refractivity contribution in [3.8, 4) is 0 Å². The summed E-state index contributed by atoms with van der Waals surface area (Å²) in [5.74, 6) is 0.0919. The van der Waals surface area contributed by atoms with E-state index in [1.54, 1.807) is 0 Å². The molecule has 4 heteroatoms. The van der Waals surface area contributed by atoms with Crippen LogP contribution in [0.25, 0.3) is 0 Å². The molecule has 1 heterocycles. The van der Waals surface area contributed by atoms with Crippen LogP contribution in [0.1, 0.15) is 19.8 Å². The topological polar surface area (TPSA) is 58.4 Å². The highest BCUT2D eigenvalue weighted by Crippen LogP contribution is 2.21. The lowest BCUT2D eigenvalue weighted by Crippen LogP contribution is -2.46. The Morgan fingerprint density at radius 3 is 2.78 bits per heavy atom. The van der Waals surface area contributed by atoms with Crippen LogP contribution in [-0.2, 0) is 4.79 Å². The van der Waals surface area contributed by atoms with Gasteiger partial charge in [-0.3, -0.25) is 4.79 Å². The predicted molar refractivity (Wildman–Crippen MR) is 73.5 cm³/mol. The highest BCUT2D eigenvalue weighted by Gasteiger charge is 2.29. The largest absolute Gasteiger partial charge is 0.359 e. The summed E-state index contributed by atoms with van der Waals surface area (Å²) in [6.45, 7) is 3.45. The second-order valence-corrected chi connectivity index (χ2v) is 4.82. The molecular weight excluding hydrogens is 226 g/mol. The second kappa shape index (κ2) is 5.87. The summed E-state index contributed by atoms with van der Waals surface area (Å²) in [5.41, 5.74) is 6.74. The molecule has 1 fully saturated rings. The molecule has 0 radical (unpaired) electrons. The van der Waals surface area contributed by atoms with E-state index in [0.29, 0.717) is 13.0 Å². The van der Waals surface area contributed by atoms with Gasteiger partial charge in [-0.05, 0) is 38.4 Å². The lowest BCUT2D eigenvalue weighted by atomic mass is 10.1. The first-order valence-electron chi connectivity index (χ1n) is 6.54. The fourth-order valence-corrected chi connectivity index (χ4v) is 2.41. The fourth-order valence-electron chi connectivity index (χ4n) is 2.41. The van der Waals surface area contributed by atoms with Crippen molar-refractivity contribution in [2.45, 2.75) is 31.8 Å². The van der Waals surface area contributed by atoms with Gasteiger partial charge in [-0.25, -0.2) is 0 Å². The molecule has 98 valence electrons. The summed E-state index contributed by atoms with van der Waals surface area (Å²) in [4.78, 5) is 14.4. The Morgan fingerprint density at radius 2 is 2.11 bits per heavy atom. The third kappa shape index (κ3) is 2.82. The smallest absolute Gasteiger partial charge is 0.242 e. The maximum atomic E-state index is 12.2. The first kappa shape index (κ1) is 12.9. The van der Waals surface area contributed by atoms with Gasteiger partial charge >= 0.3 is 0 Å². The van der Waals surface area contributed by atoms with E-state index in [9.17, 15) is 4.79 Å². The number of nitrogens with one attached hydrogen (secondary N) is 1. The highest BCUT2D eigenvalue weighted by molar-refractivity contribution is 5.86. The first-order valence-corrected chi connectivity index (χ1v) is 6.54. The van der Waals surface area contributed by atoms with Gasteiger partial charge in [-0.1, -0.05) is 18.2 Å². The fraction of sp³-hybridized carbons (Fsp3) is 0.500. The lowest BCUT2D eigenvalue weighted by molar-refractivity contribution is -0.122. The van der Waals surface area contributed by atoms with Crippen LogP contribution < -0.4 is 16.0 Å². The molecule has 3 N–H and O–H groups in total. The molecule has 1 aromatic rings. The number of carbonyl (C=O) groups is 1. The van der Waals surface area contributed by atoms with Crippen LogP contribution in [0.5, 0.6) is 0 Å². The Kier molecular flexibility index (Phi) is 4.20. The van der Waals surface area contributed by atoms with Crippen molar-refractivity contribution in [1.29, 1.82) is 0 Å². The summed E-state index contributed by atoms with van der Waals surface area (Å²) in [5, 5.41) is 3.04. The molecule has 0 saturated carbocycles. The Bertz CT molecular complexity index is 393. The van der Waals surface area contributed by atoms with E-state index in [-0.39, 0.29) is 18.0 Å². The maximum absolute atomic E-state index is 12.2. The summed E-state index contributed by atoms with van der Waals surface area (Å²) >= 11 is 0. The molecule has 1 aromatic carbocycles. The van der Waals surface area contributed by atoms with Gasteiger partial charge < -0.3 is 16.0 Å². The second-order valence-electron chi connectivity index (χ2n) is 4.82. The minimum absolute atomic E-state index is 0.0919. The number of hydrogen-bond acceptors (Lipinski definition) is 3. The van der Waals surface area contributed by atoms with Gasteiger partial charge in [0.1, 0.15) is 6.04 Å². The lowest BCUT2D eigenvalue weighted by Gasteiger charge is -2.30. The van der Waals surface area contributed by atoms with Crippen molar-refractivity contribution in [2.24, 2.45) is 5.73 Å². The minimum Gasteiger partial charge on any atom is -0.359 e. The molecule has 1 amide bonds. The van der Waals surface area contributed by atoms with Crippen molar-refractivity contribution < 1.29 is 4.79 Å². The number of anilines is 1. The normalized spacial score (nSPS) is 24.6. The predicted octanol–water partition coefficient (Wildman–Crippen LogP) is 1.12. The van der Waals surface area contributed by atoms with E-state index in [1.807, 2.05) is 37.3 Å². The molecular formula is C14H21N3O. The van der Waals surface area contributed by atoms with E-state index in [0.717, 1.165) is 18.7 Å². The summed E-state index contributed by atoms with van der Waals surface area (Å²) in [6.07, 6.45) is 1.65. The van der Waals surface area contributed by atoms with Crippen molar-refractivity contribution in [1.82, 2.24) is 5.32 Å². The van der Waals surface area contributed by atoms with Gasteiger partial charge in [0.15, 0.2) is 0 Å². The number of nitrogens with zero attached hydrogens (tertiary/aromatic N) is 1. The van der Waals surface area contributed by atoms with Crippen LogP contribution in [0.4, 0.5) is 5.69 Å². The molecule has 1 aliphatic rings. The average Bonchev–Trinajstić information content (AvgIpc) is 2.51. The standard InChI is InChI=1S/C14H21N3O/c1-11-8-10-17(12-5-3-2-4-6-12)13(7-9-15)14(18)16-11/h2-6,11,13H,7-10,15H2,1H3,(H,16,18). The Labute approximate surface area is 108 Å². The van der Waals surface area contributed by atoms with Crippen LogP contribution in [-0.4, -0.2) is 31.1 Å². The SMILES string of the molecule is CC1CCN(c2ccccc2)C(CCN)C(=O)N1. The van der Waals surface area contributed by atoms with Crippen LogP contribution >= 0.6 is 0 Å². The van der Waals surface area contributed by atoms with E-state index in [1.165, 1.54) is 0 Å². The molecule has 0 spiro atoms. The van der Waals surface area contributed by atoms with Crippen LogP contribution in [0.15, 0.2) is 30.3 Å². The Hall–Kier alpha value is -1.55. The molecule has 2 rings (SSSR count). The number of amides is 1. The molecule has 4 nitrogen and oxygen atoms in total. The molecule has 1 saturated heterocycles. The zero-order valence-corrected chi connectivity index (χ0v) is 10.8. The molecule has 2 atom stereocenters. The third-order valence-corrected chi connectivity index (χ3v) is 3.40. The first-order chi connectivity index (χ1) is 8.72. The highest BCUT2D eigenvalue weighted by atomic mass is 16.2. The van der Waals surface area contributed by atoms with Gasteiger partial charge in [-0.2, -0.15) is 0 Å². The van der Waals surface area contributed by atoms with E-state index in [2.05, 4.69) is 10.2 Å². The maximum Gasteiger partial charge on any atom is 0.242 e. The monoisotopic (exact) mass is 247 g/mol. The van der Waals surface area contributed by atoms with Crippen molar-refractivity contribution in [3.05, 3.63) is 30.3 Å². The van der Waals surface area contributed by atoms with E-state index >= 15 is 0 Å². The van der Waals surface area contributed by atoms with Crippen LogP contribution in [0, 0.1) is 0 Å². The molecule has 18 heavy (non-hydrogen) atoms. The van der Waals surface area contributed by atoms with Gasteiger partial charge in [-0.15, -0.1) is 0 Å². The number of para-hydroxylation sites is 1.